The minimum atomic E-state index is 0.187. The highest BCUT2D eigenvalue weighted by Crippen LogP contribution is 2.23. The van der Waals surface area contributed by atoms with Crippen LogP contribution in [0.5, 0.6) is 5.75 Å². The van der Waals surface area contributed by atoms with Crippen molar-refractivity contribution in [3.05, 3.63) is 29.3 Å². The van der Waals surface area contributed by atoms with Gasteiger partial charge < -0.3 is 15.2 Å². The van der Waals surface area contributed by atoms with Gasteiger partial charge in [-0.25, -0.2) is 0 Å². The van der Waals surface area contributed by atoms with Crippen LogP contribution in [0.2, 0.25) is 0 Å². The molecule has 0 aliphatic rings. The molecular formula is C16H27NO2. The number of aliphatic hydroxyl groups is 1. The van der Waals surface area contributed by atoms with E-state index in [1.165, 1.54) is 11.1 Å². The Balaban J connectivity index is 2.59. The predicted molar refractivity (Wildman–Crippen MR) is 79.9 cm³/mol. The van der Waals surface area contributed by atoms with Crippen LogP contribution in [0.1, 0.15) is 44.2 Å². The van der Waals surface area contributed by atoms with Crippen LogP contribution in [0, 0.1) is 6.92 Å². The fourth-order valence-electron chi connectivity index (χ4n) is 2.27. The molecule has 19 heavy (non-hydrogen) atoms. The van der Waals surface area contributed by atoms with Gasteiger partial charge in [-0.15, -0.1) is 0 Å². The van der Waals surface area contributed by atoms with Crippen molar-refractivity contribution in [2.75, 3.05) is 19.8 Å². The van der Waals surface area contributed by atoms with E-state index in [2.05, 4.69) is 45.1 Å². The quantitative estimate of drug-likeness (QED) is 0.759. The minimum absolute atomic E-state index is 0.187. The normalized spacial score (nSPS) is 12.7. The van der Waals surface area contributed by atoms with Crippen molar-refractivity contribution in [1.82, 2.24) is 5.32 Å². The number of aliphatic hydroxyl groups excluding tert-OH is 1. The summed E-state index contributed by atoms with van der Waals surface area (Å²) in [5.41, 5.74) is 2.64. The Morgan fingerprint density at radius 2 is 2.05 bits per heavy atom. The van der Waals surface area contributed by atoms with Crippen LogP contribution < -0.4 is 10.1 Å². The molecule has 0 radical (unpaired) electrons. The topological polar surface area (TPSA) is 41.5 Å². The molecule has 108 valence electrons. The van der Waals surface area contributed by atoms with Crippen molar-refractivity contribution in [3.63, 3.8) is 0 Å². The van der Waals surface area contributed by atoms with E-state index in [4.69, 9.17) is 9.84 Å². The van der Waals surface area contributed by atoms with Crippen LogP contribution in [-0.4, -0.2) is 30.9 Å². The SMILES string of the molecule is CCNC(CCO)COc1ccc(C(C)C)c(C)c1. The molecule has 0 aliphatic heterocycles. The molecule has 1 aromatic rings. The lowest BCUT2D eigenvalue weighted by atomic mass is 9.98. The molecule has 0 spiro atoms. The molecule has 1 unspecified atom stereocenters. The Bertz CT molecular complexity index is 371. The molecule has 0 aliphatic carbocycles. The van der Waals surface area contributed by atoms with E-state index < -0.39 is 0 Å². The Hall–Kier alpha value is -1.06. The third-order valence-corrected chi connectivity index (χ3v) is 3.28. The molecule has 1 aromatic carbocycles. The summed E-state index contributed by atoms with van der Waals surface area (Å²) in [7, 11) is 0. The first-order chi connectivity index (χ1) is 9.08. The smallest absolute Gasteiger partial charge is 0.119 e. The Morgan fingerprint density at radius 1 is 1.32 bits per heavy atom. The van der Waals surface area contributed by atoms with E-state index >= 15 is 0 Å². The first-order valence-corrected chi connectivity index (χ1v) is 7.16. The summed E-state index contributed by atoms with van der Waals surface area (Å²) in [4.78, 5) is 0. The van der Waals surface area contributed by atoms with Crippen molar-refractivity contribution >= 4 is 0 Å². The van der Waals surface area contributed by atoms with Crippen LogP contribution >= 0.6 is 0 Å². The lowest BCUT2D eigenvalue weighted by Crippen LogP contribution is -2.35. The third kappa shape index (κ3) is 5.21. The van der Waals surface area contributed by atoms with E-state index in [1.54, 1.807) is 0 Å². The van der Waals surface area contributed by atoms with Gasteiger partial charge in [0.25, 0.3) is 0 Å². The van der Waals surface area contributed by atoms with Gasteiger partial charge in [-0.2, -0.15) is 0 Å². The molecule has 2 N–H and O–H groups in total. The van der Waals surface area contributed by atoms with Crippen molar-refractivity contribution in [2.24, 2.45) is 0 Å². The van der Waals surface area contributed by atoms with E-state index in [-0.39, 0.29) is 12.6 Å². The highest BCUT2D eigenvalue weighted by Gasteiger charge is 2.09. The first-order valence-electron chi connectivity index (χ1n) is 7.16. The largest absolute Gasteiger partial charge is 0.492 e. The fraction of sp³-hybridized carbons (Fsp3) is 0.625. The van der Waals surface area contributed by atoms with Gasteiger partial charge >= 0.3 is 0 Å². The lowest BCUT2D eigenvalue weighted by molar-refractivity contribution is 0.215. The summed E-state index contributed by atoms with van der Waals surface area (Å²) in [6.45, 7) is 10.3. The van der Waals surface area contributed by atoms with E-state index in [1.807, 2.05) is 6.07 Å². The van der Waals surface area contributed by atoms with Crippen LogP contribution in [0.25, 0.3) is 0 Å². The summed E-state index contributed by atoms with van der Waals surface area (Å²) in [6, 6.07) is 6.48. The van der Waals surface area contributed by atoms with Crippen LogP contribution in [-0.2, 0) is 0 Å². The Labute approximate surface area is 117 Å². The van der Waals surface area contributed by atoms with E-state index in [9.17, 15) is 0 Å². The molecule has 0 saturated carbocycles. The maximum atomic E-state index is 9.01. The second-order valence-electron chi connectivity index (χ2n) is 5.25. The van der Waals surface area contributed by atoms with Gasteiger partial charge in [0.05, 0.1) is 0 Å². The Kier molecular flexibility index (Phi) is 6.89. The van der Waals surface area contributed by atoms with Gasteiger partial charge in [-0.05, 0) is 49.1 Å². The monoisotopic (exact) mass is 265 g/mol. The average Bonchev–Trinajstić information content (AvgIpc) is 2.36. The predicted octanol–water partition coefficient (Wildman–Crippen LogP) is 2.86. The molecule has 3 nitrogen and oxygen atoms in total. The van der Waals surface area contributed by atoms with Gasteiger partial charge in [0.15, 0.2) is 0 Å². The van der Waals surface area contributed by atoms with Crippen molar-refractivity contribution < 1.29 is 9.84 Å². The van der Waals surface area contributed by atoms with Gasteiger partial charge in [0.1, 0.15) is 12.4 Å². The van der Waals surface area contributed by atoms with Crippen LogP contribution in [0.3, 0.4) is 0 Å². The highest BCUT2D eigenvalue weighted by molar-refractivity contribution is 5.36. The van der Waals surface area contributed by atoms with Crippen molar-refractivity contribution in [1.29, 1.82) is 0 Å². The number of ether oxygens (including phenoxy) is 1. The molecule has 0 aromatic heterocycles. The minimum Gasteiger partial charge on any atom is -0.492 e. The van der Waals surface area contributed by atoms with Crippen LogP contribution in [0.4, 0.5) is 0 Å². The van der Waals surface area contributed by atoms with Gasteiger partial charge in [0, 0.05) is 12.6 Å². The fourth-order valence-corrected chi connectivity index (χ4v) is 2.27. The zero-order valence-corrected chi connectivity index (χ0v) is 12.6. The number of hydrogen-bond acceptors (Lipinski definition) is 3. The molecule has 0 heterocycles. The molecule has 0 saturated heterocycles. The van der Waals surface area contributed by atoms with Gasteiger partial charge in [0.2, 0.25) is 0 Å². The van der Waals surface area contributed by atoms with E-state index in [0.29, 0.717) is 12.5 Å². The number of hydrogen-bond donors (Lipinski definition) is 2. The van der Waals surface area contributed by atoms with Gasteiger partial charge in [-0.3, -0.25) is 0 Å². The summed E-state index contributed by atoms with van der Waals surface area (Å²) in [5.74, 6) is 1.45. The zero-order valence-electron chi connectivity index (χ0n) is 12.6. The average molecular weight is 265 g/mol. The number of nitrogens with one attached hydrogen (secondary N) is 1. The number of likely N-dealkylation sites (N-methyl/N-ethyl adjacent to an activating group) is 1. The molecular weight excluding hydrogens is 238 g/mol. The number of benzene rings is 1. The summed E-state index contributed by atoms with van der Waals surface area (Å²) >= 11 is 0. The molecule has 0 fully saturated rings. The maximum absolute atomic E-state index is 9.01. The van der Waals surface area contributed by atoms with Gasteiger partial charge in [-0.1, -0.05) is 26.8 Å². The maximum Gasteiger partial charge on any atom is 0.119 e. The van der Waals surface area contributed by atoms with Crippen molar-refractivity contribution in [2.45, 2.75) is 46.1 Å². The molecule has 0 bridgehead atoms. The van der Waals surface area contributed by atoms with Crippen LogP contribution in [0.15, 0.2) is 18.2 Å². The number of rotatable bonds is 8. The second kappa shape index (κ2) is 8.18. The molecule has 3 heteroatoms. The third-order valence-electron chi connectivity index (χ3n) is 3.28. The summed E-state index contributed by atoms with van der Waals surface area (Å²) < 4.78 is 5.82. The molecule has 1 rings (SSSR count). The molecule has 0 amide bonds. The second-order valence-corrected chi connectivity index (χ2v) is 5.25. The first kappa shape index (κ1) is 16.0. The summed E-state index contributed by atoms with van der Waals surface area (Å²) in [5, 5.41) is 12.3. The Morgan fingerprint density at radius 3 is 2.58 bits per heavy atom. The lowest BCUT2D eigenvalue weighted by Gasteiger charge is -2.18. The zero-order chi connectivity index (χ0) is 14.3. The number of aryl methyl sites for hydroxylation is 1. The highest BCUT2D eigenvalue weighted by atomic mass is 16.5. The van der Waals surface area contributed by atoms with E-state index in [0.717, 1.165) is 18.7 Å². The molecule has 1 atom stereocenters. The summed E-state index contributed by atoms with van der Waals surface area (Å²) in [6.07, 6.45) is 0.719. The van der Waals surface area contributed by atoms with Crippen molar-refractivity contribution in [3.8, 4) is 5.75 Å². The standard InChI is InChI=1S/C16H27NO2/c1-5-17-14(8-9-18)11-19-15-6-7-16(12(2)3)13(4)10-15/h6-7,10,12,14,17-18H,5,8-9,11H2,1-4H3.